The number of thioether (sulfide) groups is 1. The first-order chi connectivity index (χ1) is 16.0. The Morgan fingerprint density at radius 1 is 1.15 bits per heavy atom. The molecule has 1 aromatic heterocycles. The van der Waals surface area contributed by atoms with Crippen molar-refractivity contribution in [1.29, 1.82) is 0 Å². The molecule has 0 unspecified atom stereocenters. The Kier molecular flexibility index (Phi) is 7.47. The zero-order chi connectivity index (χ0) is 23.4. The highest BCUT2D eigenvalue weighted by molar-refractivity contribution is 8.00. The number of likely N-dealkylation sites (tertiary alicyclic amines) is 1. The number of fused-ring (bicyclic) bond motifs is 1. The molecule has 1 aliphatic rings. The average molecular weight is 486 g/mol. The Labute approximate surface area is 200 Å². The fourth-order valence-electron chi connectivity index (χ4n) is 3.81. The molecule has 9 heteroatoms. The van der Waals surface area contributed by atoms with E-state index in [-0.39, 0.29) is 17.4 Å². The largest absolute Gasteiger partial charge is 0.383 e. The highest BCUT2D eigenvalue weighted by Crippen LogP contribution is 2.30. The van der Waals surface area contributed by atoms with Gasteiger partial charge in [0, 0.05) is 24.2 Å². The number of benzene rings is 2. The molecule has 2 amide bonds. The van der Waals surface area contributed by atoms with Crippen molar-refractivity contribution < 1.29 is 14.3 Å². The lowest BCUT2D eigenvalue weighted by Gasteiger charge is -2.23. The molecule has 0 aliphatic carbocycles. The van der Waals surface area contributed by atoms with Crippen molar-refractivity contribution in [2.24, 2.45) is 0 Å². The van der Waals surface area contributed by atoms with Crippen LogP contribution >= 0.6 is 23.4 Å². The molecule has 1 saturated heterocycles. The maximum Gasteiger partial charge on any atom is 0.262 e. The number of para-hydroxylation sites is 1. The van der Waals surface area contributed by atoms with Crippen LogP contribution in [0.4, 0.5) is 0 Å². The molecule has 7 nitrogen and oxygen atoms in total. The maximum absolute atomic E-state index is 13.4. The molecule has 2 heterocycles. The summed E-state index contributed by atoms with van der Waals surface area (Å²) in [4.78, 5) is 45.6. The van der Waals surface area contributed by atoms with Crippen molar-refractivity contribution in [1.82, 2.24) is 14.5 Å². The van der Waals surface area contributed by atoms with Gasteiger partial charge in [-0.3, -0.25) is 23.9 Å². The first-order valence-electron chi connectivity index (χ1n) is 10.8. The van der Waals surface area contributed by atoms with Crippen molar-refractivity contribution in [3.8, 4) is 0 Å². The zero-order valence-electron chi connectivity index (χ0n) is 18.2. The Bertz CT molecular complexity index is 1230. The van der Waals surface area contributed by atoms with Crippen molar-refractivity contribution in [2.45, 2.75) is 36.2 Å². The van der Waals surface area contributed by atoms with Crippen LogP contribution in [0.1, 0.15) is 29.6 Å². The van der Waals surface area contributed by atoms with Crippen LogP contribution in [-0.4, -0.2) is 51.8 Å². The summed E-state index contributed by atoms with van der Waals surface area (Å²) in [6, 6.07) is 13.7. The SMILES string of the molecule is COCCn1c(S[C@@H]2CCCCN(C(=O)c3ccc(Cl)cc3)C2=O)nc2ccccc2c1=O. The zero-order valence-corrected chi connectivity index (χ0v) is 19.8. The average Bonchev–Trinajstić information content (AvgIpc) is 3.00. The van der Waals surface area contributed by atoms with E-state index in [9.17, 15) is 14.4 Å². The van der Waals surface area contributed by atoms with Gasteiger partial charge in [0.1, 0.15) is 0 Å². The molecule has 2 aromatic carbocycles. The Morgan fingerprint density at radius 3 is 2.67 bits per heavy atom. The number of methoxy groups -OCH3 is 1. The lowest BCUT2D eigenvalue weighted by Crippen LogP contribution is -2.41. The van der Waals surface area contributed by atoms with Crippen LogP contribution < -0.4 is 5.56 Å². The molecule has 1 fully saturated rings. The van der Waals surface area contributed by atoms with Crippen molar-refractivity contribution in [2.75, 3.05) is 20.3 Å². The summed E-state index contributed by atoms with van der Waals surface area (Å²) in [7, 11) is 1.57. The summed E-state index contributed by atoms with van der Waals surface area (Å²) >= 11 is 7.18. The van der Waals surface area contributed by atoms with E-state index in [0.29, 0.717) is 52.8 Å². The lowest BCUT2D eigenvalue weighted by molar-refractivity contribution is -0.127. The van der Waals surface area contributed by atoms with Crippen molar-refractivity contribution in [3.63, 3.8) is 0 Å². The molecule has 0 bridgehead atoms. The molecular formula is C24H24ClN3O4S. The minimum Gasteiger partial charge on any atom is -0.383 e. The standard InChI is InChI=1S/C24H24ClN3O4S/c1-32-15-14-28-22(30)18-6-2-3-7-19(18)26-24(28)33-20-8-4-5-13-27(23(20)31)21(29)16-9-11-17(25)12-10-16/h2-3,6-7,9-12,20H,4-5,8,13-15H2,1H3/t20-/m1/s1. The number of amides is 2. The summed E-state index contributed by atoms with van der Waals surface area (Å²) in [5.74, 6) is -0.606. The lowest BCUT2D eigenvalue weighted by atomic mass is 10.2. The summed E-state index contributed by atoms with van der Waals surface area (Å²) in [6.07, 6.45) is 2.12. The third-order valence-corrected chi connectivity index (χ3v) is 7.07. The van der Waals surface area contributed by atoms with E-state index in [2.05, 4.69) is 4.98 Å². The number of carbonyl (C=O) groups is 2. The number of hydrogen-bond donors (Lipinski definition) is 0. The van der Waals surface area contributed by atoms with Crippen molar-refractivity contribution in [3.05, 3.63) is 69.5 Å². The van der Waals surface area contributed by atoms with Gasteiger partial charge in [0.05, 0.1) is 29.3 Å². The van der Waals surface area contributed by atoms with Crippen molar-refractivity contribution >= 4 is 46.1 Å². The summed E-state index contributed by atoms with van der Waals surface area (Å²) in [5.41, 5.74) is 0.823. The second-order valence-corrected chi connectivity index (χ2v) is 9.37. The number of imide groups is 1. The van der Waals surface area contributed by atoms with Crippen LogP contribution in [-0.2, 0) is 16.1 Å². The highest BCUT2D eigenvalue weighted by Gasteiger charge is 2.33. The minimum absolute atomic E-state index is 0.171. The minimum atomic E-state index is -0.523. The molecule has 0 N–H and O–H groups in total. The van der Waals surface area contributed by atoms with Gasteiger partial charge in [-0.2, -0.15) is 0 Å². The molecule has 0 radical (unpaired) electrons. The first-order valence-corrected chi connectivity index (χ1v) is 12.0. The Morgan fingerprint density at radius 2 is 1.91 bits per heavy atom. The van der Waals surface area contributed by atoms with Crippen LogP contribution in [0.3, 0.4) is 0 Å². The Balaban J connectivity index is 1.66. The molecule has 1 atom stereocenters. The van der Waals surface area contributed by atoms with Gasteiger partial charge in [0.15, 0.2) is 5.16 Å². The van der Waals surface area contributed by atoms with Gasteiger partial charge in [-0.15, -0.1) is 0 Å². The normalized spacial score (nSPS) is 16.7. The number of carbonyl (C=O) groups excluding carboxylic acids is 2. The highest BCUT2D eigenvalue weighted by atomic mass is 35.5. The number of aromatic nitrogens is 2. The third-order valence-electron chi connectivity index (χ3n) is 5.57. The summed E-state index contributed by atoms with van der Waals surface area (Å²) in [6.45, 7) is 1.02. The van der Waals surface area contributed by atoms with E-state index in [4.69, 9.17) is 16.3 Å². The molecule has 1 aliphatic heterocycles. The van der Waals surface area contributed by atoms with Gasteiger partial charge in [-0.25, -0.2) is 4.98 Å². The smallest absolute Gasteiger partial charge is 0.262 e. The predicted octanol–water partition coefficient (Wildman–Crippen LogP) is 4.01. The fraction of sp³-hybridized carbons (Fsp3) is 0.333. The van der Waals surface area contributed by atoms with Gasteiger partial charge < -0.3 is 4.74 Å². The predicted molar refractivity (Wildman–Crippen MR) is 129 cm³/mol. The van der Waals surface area contributed by atoms with Gasteiger partial charge in [-0.1, -0.05) is 41.9 Å². The van der Waals surface area contributed by atoms with Crippen LogP contribution in [0.5, 0.6) is 0 Å². The van der Waals surface area contributed by atoms with Gasteiger partial charge >= 0.3 is 0 Å². The number of halogens is 1. The van der Waals surface area contributed by atoms with E-state index in [0.717, 1.165) is 12.8 Å². The number of nitrogens with zero attached hydrogens (tertiary/aromatic N) is 3. The summed E-state index contributed by atoms with van der Waals surface area (Å²) in [5, 5.41) is 0.976. The third kappa shape index (κ3) is 5.13. The van der Waals surface area contributed by atoms with E-state index in [1.807, 2.05) is 6.07 Å². The molecule has 172 valence electrons. The van der Waals surface area contributed by atoms with Gasteiger partial charge in [-0.05, 0) is 49.2 Å². The van der Waals surface area contributed by atoms with E-state index < -0.39 is 5.25 Å². The van der Waals surface area contributed by atoms with Gasteiger partial charge in [0.25, 0.3) is 11.5 Å². The van der Waals surface area contributed by atoms with Crippen LogP contribution in [0.2, 0.25) is 5.02 Å². The number of hydrogen-bond acceptors (Lipinski definition) is 6. The molecule has 4 rings (SSSR count). The van der Waals surface area contributed by atoms with Gasteiger partial charge in [0.2, 0.25) is 5.91 Å². The van der Waals surface area contributed by atoms with E-state index in [1.165, 1.54) is 16.7 Å². The first kappa shape index (κ1) is 23.5. The van der Waals surface area contributed by atoms with Crippen LogP contribution in [0, 0.1) is 0 Å². The van der Waals surface area contributed by atoms with Crippen LogP contribution in [0.25, 0.3) is 10.9 Å². The fourth-order valence-corrected chi connectivity index (χ4v) is 5.16. The molecule has 33 heavy (non-hydrogen) atoms. The number of rotatable bonds is 6. The second kappa shape index (κ2) is 10.5. The monoisotopic (exact) mass is 485 g/mol. The van der Waals surface area contributed by atoms with E-state index >= 15 is 0 Å². The molecular weight excluding hydrogens is 462 g/mol. The molecule has 3 aromatic rings. The maximum atomic E-state index is 13.4. The molecule has 0 spiro atoms. The van der Waals surface area contributed by atoms with Crippen LogP contribution in [0.15, 0.2) is 58.5 Å². The summed E-state index contributed by atoms with van der Waals surface area (Å²) < 4.78 is 6.73. The number of ether oxygens (including phenoxy) is 1. The topological polar surface area (TPSA) is 81.5 Å². The quantitative estimate of drug-likeness (QED) is 0.387. The van der Waals surface area contributed by atoms with E-state index in [1.54, 1.807) is 54.1 Å². The Hall–Kier alpha value is -2.68. The second-order valence-electron chi connectivity index (χ2n) is 7.77. The molecule has 0 saturated carbocycles.